The van der Waals surface area contributed by atoms with Crippen LogP contribution in [-0.4, -0.2) is 20.3 Å². The number of carbonyl (C=O) groups is 1. The predicted octanol–water partition coefficient (Wildman–Crippen LogP) is 2.77. The molecular weight excluding hydrogens is 340 g/mol. The van der Waals surface area contributed by atoms with Crippen molar-refractivity contribution in [2.45, 2.75) is 19.5 Å². The number of carbonyl (C=O) groups excluding carboxylic acids is 1. The van der Waals surface area contributed by atoms with Crippen molar-refractivity contribution in [3.8, 4) is 0 Å². The minimum atomic E-state index is -0.536. The number of aromatic nitrogens is 3. The first-order valence-corrected chi connectivity index (χ1v) is 8.84. The number of amides is 1. The molecule has 0 saturated carbocycles. The van der Waals surface area contributed by atoms with E-state index in [9.17, 15) is 9.59 Å². The van der Waals surface area contributed by atoms with Gasteiger partial charge in [-0.1, -0.05) is 48.5 Å². The Bertz CT molecular complexity index is 1190. The molecule has 0 bridgehead atoms. The van der Waals surface area contributed by atoms with Crippen molar-refractivity contribution in [2.75, 3.05) is 0 Å². The van der Waals surface area contributed by atoms with E-state index in [0.717, 1.165) is 21.9 Å². The molecule has 2 aromatic carbocycles. The first-order chi connectivity index (χ1) is 13.1. The standard InChI is InChI=1S/C21H20N4O2/c1-14(20(26)22-12-15-8-4-3-5-9-15)25-18-11-7-6-10-16(18)17-13-23-24(2)21(27)19(17)25/h3-11,13-14H,12H2,1-2H3,(H,22,26)/t14-/m0/s1. The molecule has 2 aromatic heterocycles. The van der Waals surface area contributed by atoms with Crippen molar-refractivity contribution in [1.29, 1.82) is 0 Å². The third-order valence-electron chi connectivity index (χ3n) is 4.88. The highest BCUT2D eigenvalue weighted by atomic mass is 16.2. The number of fused-ring (bicyclic) bond motifs is 3. The summed E-state index contributed by atoms with van der Waals surface area (Å²) >= 11 is 0. The summed E-state index contributed by atoms with van der Waals surface area (Å²) in [5.41, 5.74) is 2.16. The first kappa shape index (κ1) is 17.0. The van der Waals surface area contributed by atoms with Gasteiger partial charge in [-0.3, -0.25) is 9.59 Å². The molecular formula is C21H20N4O2. The maximum Gasteiger partial charge on any atom is 0.291 e. The van der Waals surface area contributed by atoms with E-state index in [1.54, 1.807) is 13.2 Å². The fourth-order valence-corrected chi connectivity index (χ4v) is 3.44. The number of aryl methyl sites for hydroxylation is 1. The number of nitrogens with one attached hydrogen (secondary N) is 1. The normalized spacial score (nSPS) is 12.4. The van der Waals surface area contributed by atoms with Crippen LogP contribution in [0.25, 0.3) is 21.8 Å². The Morgan fingerprint density at radius 3 is 2.56 bits per heavy atom. The Morgan fingerprint density at radius 1 is 1.07 bits per heavy atom. The van der Waals surface area contributed by atoms with Crippen molar-refractivity contribution in [3.63, 3.8) is 0 Å². The summed E-state index contributed by atoms with van der Waals surface area (Å²) in [6, 6.07) is 16.9. The molecule has 1 amide bonds. The fraction of sp³-hybridized carbons (Fsp3) is 0.190. The van der Waals surface area contributed by atoms with E-state index in [-0.39, 0.29) is 11.5 Å². The molecule has 6 nitrogen and oxygen atoms in total. The highest BCUT2D eigenvalue weighted by Crippen LogP contribution is 2.29. The lowest BCUT2D eigenvalue weighted by Crippen LogP contribution is -2.32. The molecule has 0 radical (unpaired) electrons. The third-order valence-corrected chi connectivity index (χ3v) is 4.88. The molecule has 4 aromatic rings. The van der Waals surface area contributed by atoms with Gasteiger partial charge >= 0.3 is 0 Å². The minimum Gasteiger partial charge on any atom is -0.350 e. The van der Waals surface area contributed by atoms with Crippen molar-refractivity contribution in [3.05, 3.63) is 76.7 Å². The van der Waals surface area contributed by atoms with E-state index in [1.165, 1.54) is 4.68 Å². The Morgan fingerprint density at radius 2 is 1.78 bits per heavy atom. The van der Waals surface area contributed by atoms with Crippen LogP contribution in [0.15, 0.2) is 65.6 Å². The van der Waals surface area contributed by atoms with Gasteiger partial charge in [-0.2, -0.15) is 5.10 Å². The van der Waals surface area contributed by atoms with Crippen LogP contribution in [0.4, 0.5) is 0 Å². The van der Waals surface area contributed by atoms with Gasteiger partial charge in [0.05, 0.1) is 11.7 Å². The van der Waals surface area contributed by atoms with Gasteiger partial charge in [0.2, 0.25) is 5.91 Å². The van der Waals surface area contributed by atoms with Gasteiger partial charge in [0.1, 0.15) is 11.6 Å². The minimum absolute atomic E-state index is 0.139. The average molecular weight is 360 g/mol. The van der Waals surface area contributed by atoms with Crippen molar-refractivity contribution in [2.24, 2.45) is 7.05 Å². The van der Waals surface area contributed by atoms with E-state index in [2.05, 4.69) is 10.4 Å². The van der Waals surface area contributed by atoms with Gasteiger partial charge in [-0.05, 0) is 18.6 Å². The zero-order valence-corrected chi connectivity index (χ0v) is 15.2. The summed E-state index contributed by atoms with van der Waals surface area (Å²) in [4.78, 5) is 25.6. The topological polar surface area (TPSA) is 68.9 Å². The highest BCUT2D eigenvalue weighted by Gasteiger charge is 2.22. The summed E-state index contributed by atoms with van der Waals surface area (Å²) < 4.78 is 3.11. The van der Waals surface area contributed by atoms with Gasteiger partial charge < -0.3 is 9.88 Å². The molecule has 0 fully saturated rings. The smallest absolute Gasteiger partial charge is 0.291 e. The van der Waals surface area contributed by atoms with Crippen LogP contribution < -0.4 is 10.9 Å². The summed E-state index contributed by atoms with van der Waals surface area (Å²) in [5.74, 6) is -0.139. The number of benzene rings is 2. The number of nitrogens with zero attached hydrogens (tertiary/aromatic N) is 3. The Kier molecular flexibility index (Phi) is 4.24. The molecule has 0 spiro atoms. The Hall–Kier alpha value is -3.41. The molecule has 0 unspecified atom stereocenters. The second kappa shape index (κ2) is 6.72. The maximum atomic E-state index is 12.8. The summed E-state index contributed by atoms with van der Waals surface area (Å²) in [7, 11) is 1.62. The lowest BCUT2D eigenvalue weighted by Gasteiger charge is -2.16. The largest absolute Gasteiger partial charge is 0.350 e. The Labute approximate surface area is 156 Å². The molecule has 1 atom stereocenters. The predicted molar refractivity (Wildman–Crippen MR) is 105 cm³/mol. The van der Waals surface area contributed by atoms with Gasteiger partial charge in [-0.25, -0.2) is 4.68 Å². The highest BCUT2D eigenvalue weighted by molar-refractivity contribution is 6.08. The third kappa shape index (κ3) is 2.89. The quantitative estimate of drug-likeness (QED) is 0.608. The molecule has 6 heteroatoms. The van der Waals surface area contributed by atoms with E-state index in [1.807, 2.05) is 66.1 Å². The van der Waals surface area contributed by atoms with E-state index in [4.69, 9.17) is 0 Å². The van der Waals surface area contributed by atoms with Gasteiger partial charge in [0.15, 0.2) is 0 Å². The van der Waals surface area contributed by atoms with Crippen molar-refractivity contribution >= 4 is 27.7 Å². The lowest BCUT2D eigenvalue weighted by molar-refractivity contribution is -0.123. The number of hydrogen-bond donors (Lipinski definition) is 1. The van der Waals surface area contributed by atoms with Gasteiger partial charge in [-0.15, -0.1) is 0 Å². The number of para-hydroxylation sites is 1. The molecule has 4 rings (SSSR count). The molecule has 0 saturated heterocycles. The second-order valence-corrected chi connectivity index (χ2v) is 6.60. The van der Waals surface area contributed by atoms with Crippen LogP contribution in [-0.2, 0) is 18.4 Å². The van der Waals surface area contributed by atoms with Crippen LogP contribution in [0.2, 0.25) is 0 Å². The number of hydrogen-bond acceptors (Lipinski definition) is 3. The monoisotopic (exact) mass is 360 g/mol. The molecule has 27 heavy (non-hydrogen) atoms. The van der Waals surface area contributed by atoms with Gasteiger partial charge in [0, 0.05) is 24.4 Å². The SMILES string of the molecule is C[C@@H](C(=O)NCc1ccccc1)n1c2ccccc2c2cnn(C)c(=O)c21. The summed E-state index contributed by atoms with van der Waals surface area (Å²) in [6.45, 7) is 2.26. The van der Waals surface area contributed by atoms with Crippen molar-refractivity contribution in [1.82, 2.24) is 19.7 Å². The van der Waals surface area contributed by atoms with Gasteiger partial charge in [0.25, 0.3) is 5.56 Å². The van der Waals surface area contributed by atoms with Crippen LogP contribution in [0.1, 0.15) is 18.5 Å². The summed E-state index contributed by atoms with van der Waals surface area (Å²) in [6.07, 6.45) is 1.68. The number of rotatable bonds is 4. The second-order valence-electron chi connectivity index (χ2n) is 6.60. The van der Waals surface area contributed by atoms with Crippen LogP contribution in [0.3, 0.4) is 0 Å². The molecule has 2 heterocycles. The fourth-order valence-electron chi connectivity index (χ4n) is 3.44. The lowest BCUT2D eigenvalue weighted by atomic mass is 10.2. The molecule has 0 aliphatic carbocycles. The molecule has 136 valence electrons. The molecule has 0 aliphatic heterocycles. The summed E-state index contributed by atoms with van der Waals surface area (Å²) in [5, 5.41) is 8.78. The van der Waals surface area contributed by atoms with Crippen LogP contribution >= 0.6 is 0 Å². The molecule has 0 aliphatic rings. The van der Waals surface area contributed by atoms with E-state index in [0.29, 0.717) is 12.1 Å². The molecule has 1 N–H and O–H groups in total. The van der Waals surface area contributed by atoms with E-state index >= 15 is 0 Å². The maximum absolute atomic E-state index is 12.8. The Balaban J connectivity index is 1.78. The van der Waals surface area contributed by atoms with E-state index < -0.39 is 6.04 Å². The average Bonchev–Trinajstić information content (AvgIpc) is 3.04. The van der Waals surface area contributed by atoms with Crippen LogP contribution in [0, 0.1) is 0 Å². The van der Waals surface area contributed by atoms with Crippen LogP contribution in [0.5, 0.6) is 0 Å². The zero-order chi connectivity index (χ0) is 19.0. The zero-order valence-electron chi connectivity index (χ0n) is 15.2. The first-order valence-electron chi connectivity index (χ1n) is 8.84. The van der Waals surface area contributed by atoms with Crippen molar-refractivity contribution < 1.29 is 4.79 Å².